The zero-order valence-corrected chi connectivity index (χ0v) is 20.2. The van der Waals surface area contributed by atoms with Crippen LogP contribution in [0.1, 0.15) is 30.6 Å². The minimum atomic E-state index is -3.81. The van der Waals surface area contributed by atoms with Gasteiger partial charge in [0, 0.05) is 36.0 Å². The molecule has 3 heterocycles. The Morgan fingerprint density at radius 2 is 2.03 bits per heavy atom. The molecule has 8 nitrogen and oxygen atoms in total. The molecule has 2 amide bonds. The summed E-state index contributed by atoms with van der Waals surface area (Å²) in [6.07, 6.45) is 4.42. The number of amides is 2. The Labute approximate surface area is 192 Å². The molecule has 2 atom stereocenters. The van der Waals surface area contributed by atoms with Crippen LogP contribution in [-0.2, 0) is 19.6 Å². The summed E-state index contributed by atoms with van der Waals surface area (Å²) in [7, 11) is 0.151. The molecule has 2 fully saturated rings. The van der Waals surface area contributed by atoms with Crippen molar-refractivity contribution in [1.29, 1.82) is 0 Å². The molecule has 2 aliphatic rings. The lowest BCUT2D eigenvalue weighted by atomic mass is 10.1. The molecule has 1 aromatic rings. The highest BCUT2D eigenvalue weighted by atomic mass is 35.5. The molecule has 0 aromatic carbocycles. The smallest absolute Gasteiger partial charge is 0.242 e. The van der Waals surface area contributed by atoms with Crippen molar-refractivity contribution in [2.75, 3.05) is 40.3 Å². The second-order valence-corrected chi connectivity index (χ2v) is 11.6. The van der Waals surface area contributed by atoms with Crippen molar-refractivity contribution in [3.05, 3.63) is 26.8 Å². The van der Waals surface area contributed by atoms with E-state index in [1.54, 1.807) is 12.1 Å². The Kier molecular flexibility index (Phi) is 8.14. The fraction of sp³-hybridized carbons (Fsp3) is 0.600. The monoisotopic (exact) mass is 488 g/mol. The first kappa shape index (κ1) is 24.2. The van der Waals surface area contributed by atoms with Crippen LogP contribution in [-0.4, -0.2) is 87.3 Å². The van der Waals surface area contributed by atoms with Gasteiger partial charge in [-0.15, -0.1) is 11.3 Å². The van der Waals surface area contributed by atoms with E-state index >= 15 is 0 Å². The van der Waals surface area contributed by atoms with Crippen molar-refractivity contribution in [2.45, 2.75) is 37.8 Å². The van der Waals surface area contributed by atoms with Crippen molar-refractivity contribution in [2.24, 2.45) is 0 Å². The molecule has 3 rings (SSSR count). The van der Waals surface area contributed by atoms with E-state index in [0.29, 0.717) is 35.1 Å². The number of hydrogen-bond donors (Lipinski definition) is 1. The fourth-order valence-corrected chi connectivity index (χ4v) is 6.12. The van der Waals surface area contributed by atoms with E-state index in [4.69, 9.17) is 11.6 Å². The molecule has 0 radical (unpaired) electrons. The molecular formula is C20H29ClN4O4S2. The van der Waals surface area contributed by atoms with Gasteiger partial charge in [0.15, 0.2) is 0 Å². The summed E-state index contributed by atoms with van der Waals surface area (Å²) in [6.45, 7) is 1.94. The Morgan fingerprint density at radius 3 is 2.71 bits per heavy atom. The minimum absolute atomic E-state index is 0.00940. The lowest BCUT2D eigenvalue weighted by Crippen LogP contribution is -2.55. The standard InChI is InChI=1S/C20H29ClN4O4S2/c1-23(2)13-15-5-3-11-25(15)19(26)14-24-10-4-6-17(20(24)27)22-31(28,29)12-9-16-7-8-18(21)30-16/h7-9,12,15,17,22H,3-6,10-11,13-14H2,1-2H3/b12-9+/t15-,17-/m0/s1. The zero-order chi connectivity index (χ0) is 22.6. The topological polar surface area (TPSA) is 90.0 Å². The van der Waals surface area contributed by atoms with E-state index in [-0.39, 0.29) is 24.4 Å². The fourth-order valence-electron chi connectivity index (χ4n) is 4.05. The van der Waals surface area contributed by atoms with Crippen LogP contribution in [0.3, 0.4) is 0 Å². The number of likely N-dealkylation sites (tertiary alicyclic amines) is 2. The average Bonchev–Trinajstić information content (AvgIpc) is 3.31. The third kappa shape index (κ3) is 6.76. The maximum atomic E-state index is 12.9. The number of rotatable bonds is 8. The van der Waals surface area contributed by atoms with Crippen LogP contribution < -0.4 is 4.72 Å². The third-order valence-electron chi connectivity index (χ3n) is 5.44. The van der Waals surface area contributed by atoms with Crippen molar-refractivity contribution in [1.82, 2.24) is 19.4 Å². The van der Waals surface area contributed by atoms with Crippen LogP contribution in [0.5, 0.6) is 0 Å². The van der Waals surface area contributed by atoms with Crippen molar-refractivity contribution in [3.8, 4) is 0 Å². The largest absolute Gasteiger partial charge is 0.337 e. The number of likely N-dealkylation sites (N-methyl/N-ethyl adjacent to an activating group) is 1. The summed E-state index contributed by atoms with van der Waals surface area (Å²) < 4.78 is 27.9. The number of carbonyl (C=O) groups is 2. The predicted octanol–water partition coefficient (Wildman–Crippen LogP) is 1.84. The Hall–Kier alpha value is -1.46. The normalized spacial score (nSPS) is 22.8. The van der Waals surface area contributed by atoms with Gasteiger partial charge in [0.25, 0.3) is 0 Å². The maximum absolute atomic E-state index is 12.9. The number of piperidine rings is 1. The van der Waals surface area contributed by atoms with E-state index in [2.05, 4.69) is 9.62 Å². The molecule has 1 N–H and O–H groups in total. The van der Waals surface area contributed by atoms with Crippen LogP contribution in [0.2, 0.25) is 4.34 Å². The molecule has 0 saturated carbocycles. The maximum Gasteiger partial charge on any atom is 0.242 e. The quantitative estimate of drug-likeness (QED) is 0.603. The van der Waals surface area contributed by atoms with E-state index in [0.717, 1.165) is 24.8 Å². The van der Waals surface area contributed by atoms with Crippen LogP contribution in [0, 0.1) is 0 Å². The summed E-state index contributed by atoms with van der Waals surface area (Å²) in [6, 6.07) is 2.71. The van der Waals surface area contributed by atoms with Gasteiger partial charge in [-0.25, -0.2) is 8.42 Å². The molecule has 2 saturated heterocycles. The highest BCUT2D eigenvalue weighted by Gasteiger charge is 2.35. The van der Waals surface area contributed by atoms with Gasteiger partial charge in [0.05, 0.1) is 10.9 Å². The van der Waals surface area contributed by atoms with Gasteiger partial charge >= 0.3 is 0 Å². The predicted molar refractivity (Wildman–Crippen MR) is 123 cm³/mol. The highest BCUT2D eigenvalue weighted by Crippen LogP contribution is 2.23. The van der Waals surface area contributed by atoms with Crippen LogP contribution in [0.4, 0.5) is 0 Å². The van der Waals surface area contributed by atoms with Crippen molar-refractivity contribution in [3.63, 3.8) is 0 Å². The molecular weight excluding hydrogens is 460 g/mol. The second-order valence-electron chi connectivity index (χ2n) is 8.21. The summed E-state index contributed by atoms with van der Waals surface area (Å²) in [5.41, 5.74) is 0. The van der Waals surface area contributed by atoms with Gasteiger partial charge in [0.2, 0.25) is 21.8 Å². The number of carbonyl (C=O) groups excluding carboxylic acids is 2. The van der Waals surface area contributed by atoms with Crippen molar-refractivity contribution < 1.29 is 18.0 Å². The SMILES string of the molecule is CN(C)C[C@@H]1CCCN1C(=O)CN1CCC[C@H](NS(=O)(=O)/C=C/c2ccc(Cl)s2)C1=O. The van der Waals surface area contributed by atoms with Gasteiger partial charge in [-0.1, -0.05) is 11.6 Å². The first-order valence-electron chi connectivity index (χ1n) is 10.3. The van der Waals surface area contributed by atoms with Crippen molar-refractivity contribution >= 4 is 50.9 Å². The van der Waals surface area contributed by atoms with Gasteiger partial charge in [0.1, 0.15) is 6.04 Å². The summed E-state index contributed by atoms with van der Waals surface area (Å²) in [4.78, 5) is 31.8. The molecule has 11 heteroatoms. The van der Waals surface area contributed by atoms with Gasteiger partial charge in [-0.05, 0) is 58.0 Å². The second kappa shape index (κ2) is 10.4. The van der Waals surface area contributed by atoms with E-state index < -0.39 is 16.1 Å². The Morgan fingerprint density at radius 1 is 1.29 bits per heavy atom. The van der Waals surface area contributed by atoms with Crippen LogP contribution >= 0.6 is 22.9 Å². The van der Waals surface area contributed by atoms with Crippen LogP contribution in [0.25, 0.3) is 6.08 Å². The first-order chi connectivity index (χ1) is 14.6. The molecule has 1 aromatic heterocycles. The van der Waals surface area contributed by atoms with E-state index in [9.17, 15) is 18.0 Å². The average molecular weight is 489 g/mol. The molecule has 0 bridgehead atoms. The van der Waals surface area contributed by atoms with Crippen LogP contribution in [0.15, 0.2) is 17.5 Å². The lowest BCUT2D eigenvalue weighted by Gasteiger charge is -2.34. The Bertz CT molecular complexity index is 931. The number of nitrogens with zero attached hydrogens (tertiary/aromatic N) is 3. The summed E-state index contributed by atoms with van der Waals surface area (Å²) in [5, 5.41) is 1.04. The van der Waals surface area contributed by atoms with E-state index in [1.807, 2.05) is 19.0 Å². The lowest BCUT2D eigenvalue weighted by molar-refractivity contribution is -0.143. The summed E-state index contributed by atoms with van der Waals surface area (Å²) in [5.74, 6) is -0.422. The summed E-state index contributed by atoms with van der Waals surface area (Å²) >= 11 is 7.12. The number of sulfonamides is 1. The number of halogens is 1. The molecule has 31 heavy (non-hydrogen) atoms. The molecule has 0 spiro atoms. The molecule has 0 aliphatic carbocycles. The number of nitrogens with one attached hydrogen (secondary N) is 1. The highest BCUT2D eigenvalue weighted by molar-refractivity contribution is 7.92. The van der Waals surface area contributed by atoms with E-state index in [1.165, 1.54) is 22.3 Å². The third-order valence-corrected chi connectivity index (χ3v) is 7.75. The molecule has 0 unspecified atom stereocenters. The van der Waals surface area contributed by atoms with Gasteiger partial charge < -0.3 is 14.7 Å². The minimum Gasteiger partial charge on any atom is -0.337 e. The van der Waals surface area contributed by atoms with Gasteiger partial charge in [-0.2, -0.15) is 4.72 Å². The zero-order valence-electron chi connectivity index (χ0n) is 17.8. The number of thiophene rings is 1. The molecule has 2 aliphatic heterocycles. The molecule has 172 valence electrons. The number of hydrogen-bond acceptors (Lipinski definition) is 6. The van der Waals surface area contributed by atoms with Gasteiger partial charge in [-0.3, -0.25) is 9.59 Å². The first-order valence-corrected chi connectivity index (χ1v) is 13.1. The Balaban J connectivity index is 1.59.